The van der Waals surface area contributed by atoms with Gasteiger partial charge in [0.25, 0.3) is 0 Å². The molecule has 0 aromatic rings. The van der Waals surface area contributed by atoms with Gasteiger partial charge in [-0.15, -0.1) is 0 Å². The average molecular weight is 269 g/mol. The van der Waals surface area contributed by atoms with E-state index in [-0.39, 0.29) is 0 Å². The Balaban J connectivity index is 2.41. The van der Waals surface area contributed by atoms with Crippen molar-refractivity contribution in [2.75, 3.05) is 20.2 Å². The van der Waals surface area contributed by atoms with Gasteiger partial charge < -0.3 is 4.74 Å². The van der Waals surface area contributed by atoms with E-state index in [0.717, 1.165) is 5.92 Å². The molecule has 2 unspecified atom stereocenters. The Kier molecular flexibility index (Phi) is 4.09. The largest absolute Gasteiger partial charge is 0.381 e. The highest BCUT2D eigenvalue weighted by Crippen LogP contribution is 2.24. The number of methoxy groups -OCH3 is 1. The molecule has 66 valence electrons. The maximum absolute atomic E-state index is 5.41. The Bertz CT molecular complexity index is 121. The zero-order chi connectivity index (χ0) is 8.27. The maximum Gasteiger partial charge on any atom is 0.0624 e. The lowest BCUT2D eigenvalue weighted by molar-refractivity contribution is 0.0168. The minimum atomic E-state index is 0.506. The predicted molar refractivity (Wildman–Crippen MR) is 54.8 cm³/mol. The third kappa shape index (κ3) is 2.56. The first-order valence-corrected chi connectivity index (χ1v) is 5.18. The van der Waals surface area contributed by atoms with Crippen molar-refractivity contribution in [2.45, 2.75) is 25.9 Å². The molecule has 1 aliphatic heterocycles. The van der Waals surface area contributed by atoms with E-state index in [2.05, 4.69) is 32.9 Å². The van der Waals surface area contributed by atoms with E-state index in [0.29, 0.717) is 6.10 Å². The molecular weight excluding hydrogens is 253 g/mol. The highest BCUT2D eigenvalue weighted by Gasteiger charge is 2.26. The summed E-state index contributed by atoms with van der Waals surface area (Å²) in [5, 5.41) is 0. The Labute approximate surface area is 82.8 Å². The number of nitrogens with zero attached hydrogens (tertiary/aromatic N) is 1. The molecule has 1 heterocycles. The number of hydrogen-bond acceptors (Lipinski definition) is 2. The van der Waals surface area contributed by atoms with E-state index < -0.39 is 0 Å². The second-order valence-electron chi connectivity index (χ2n) is 3.10. The van der Waals surface area contributed by atoms with Gasteiger partial charge in [0.15, 0.2) is 0 Å². The van der Waals surface area contributed by atoms with Crippen molar-refractivity contribution in [1.82, 2.24) is 3.11 Å². The second kappa shape index (κ2) is 4.62. The molecule has 11 heavy (non-hydrogen) atoms. The number of rotatable bonds is 2. The van der Waals surface area contributed by atoms with Crippen LogP contribution in [-0.2, 0) is 4.74 Å². The van der Waals surface area contributed by atoms with Crippen molar-refractivity contribution in [2.24, 2.45) is 5.92 Å². The third-order valence-electron chi connectivity index (χ3n) is 2.44. The molecule has 0 bridgehead atoms. The maximum atomic E-state index is 5.41. The minimum Gasteiger partial charge on any atom is -0.381 e. The second-order valence-corrected chi connectivity index (χ2v) is 4.46. The zero-order valence-corrected chi connectivity index (χ0v) is 9.37. The summed E-state index contributed by atoms with van der Waals surface area (Å²) < 4.78 is 7.78. The van der Waals surface area contributed by atoms with Crippen molar-refractivity contribution in [1.29, 1.82) is 0 Å². The number of ether oxygens (including phenoxy) is 1. The topological polar surface area (TPSA) is 12.5 Å². The molecule has 1 fully saturated rings. The first kappa shape index (κ1) is 9.74. The molecule has 1 rings (SSSR count). The highest BCUT2D eigenvalue weighted by atomic mass is 127. The molecule has 0 saturated carbocycles. The van der Waals surface area contributed by atoms with Crippen LogP contribution in [-0.4, -0.2) is 29.4 Å². The number of piperidine rings is 1. The van der Waals surface area contributed by atoms with Gasteiger partial charge >= 0.3 is 0 Å². The van der Waals surface area contributed by atoms with Crippen LogP contribution in [0.5, 0.6) is 0 Å². The lowest BCUT2D eigenvalue weighted by Gasteiger charge is -2.34. The molecule has 0 spiro atoms. The summed E-state index contributed by atoms with van der Waals surface area (Å²) >= 11 is 2.40. The van der Waals surface area contributed by atoms with E-state index in [4.69, 9.17) is 4.74 Å². The Morgan fingerprint density at radius 3 is 2.91 bits per heavy atom. The van der Waals surface area contributed by atoms with Crippen LogP contribution in [0.2, 0.25) is 0 Å². The summed E-state index contributed by atoms with van der Waals surface area (Å²) in [5.74, 6) is 0.741. The normalized spacial score (nSPS) is 34.1. The lowest BCUT2D eigenvalue weighted by atomic mass is 9.94. The Hall–Kier alpha value is 0.650. The van der Waals surface area contributed by atoms with Gasteiger partial charge in [0.05, 0.1) is 6.10 Å². The molecule has 2 atom stereocenters. The van der Waals surface area contributed by atoms with Gasteiger partial charge in [0.2, 0.25) is 0 Å². The minimum absolute atomic E-state index is 0.506. The van der Waals surface area contributed by atoms with Gasteiger partial charge in [-0.1, -0.05) is 6.92 Å². The zero-order valence-electron chi connectivity index (χ0n) is 7.22. The highest BCUT2D eigenvalue weighted by molar-refractivity contribution is 14.1. The van der Waals surface area contributed by atoms with E-state index in [1.807, 2.05) is 7.11 Å². The molecule has 0 N–H and O–H groups in total. The molecule has 0 aliphatic carbocycles. The lowest BCUT2D eigenvalue weighted by Crippen LogP contribution is -2.39. The van der Waals surface area contributed by atoms with Gasteiger partial charge in [-0.25, -0.2) is 3.11 Å². The molecular formula is C8H16INO. The van der Waals surface area contributed by atoms with Crippen molar-refractivity contribution in [3.05, 3.63) is 0 Å². The van der Waals surface area contributed by atoms with Crippen molar-refractivity contribution in [3.8, 4) is 0 Å². The first-order valence-electron chi connectivity index (χ1n) is 4.21. The fourth-order valence-corrected chi connectivity index (χ4v) is 2.45. The van der Waals surface area contributed by atoms with Gasteiger partial charge in [-0.3, -0.25) is 0 Å². The summed E-state index contributed by atoms with van der Waals surface area (Å²) in [6, 6.07) is 0. The standard InChI is InChI=1S/C8H16INO/c1-3-7-6-10(9)5-4-8(7)11-2/h7-8H,3-6H2,1-2H3. The van der Waals surface area contributed by atoms with Crippen LogP contribution in [0.25, 0.3) is 0 Å². The van der Waals surface area contributed by atoms with Crippen LogP contribution in [0.4, 0.5) is 0 Å². The molecule has 0 radical (unpaired) electrons. The molecule has 2 nitrogen and oxygen atoms in total. The quantitative estimate of drug-likeness (QED) is 0.562. The van der Waals surface area contributed by atoms with Crippen LogP contribution in [0, 0.1) is 5.92 Å². The molecule has 0 aromatic heterocycles. The summed E-state index contributed by atoms with van der Waals surface area (Å²) in [6.07, 6.45) is 2.93. The molecule has 0 amide bonds. The van der Waals surface area contributed by atoms with Gasteiger partial charge in [0.1, 0.15) is 0 Å². The number of hydrogen-bond donors (Lipinski definition) is 0. The van der Waals surface area contributed by atoms with Crippen LogP contribution in [0.15, 0.2) is 0 Å². The molecule has 3 heteroatoms. The summed E-state index contributed by atoms with van der Waals surface area (Å²) in [6.45, 7) is 4.61. The van der Waals surface area contributed by atoms with Gasteiger partial charge in [0, 0.05) is 43.1 Å². The van der Waals surface area contributed by atoms with Crippen molar-refractivity contribution >= 4 is 22.9 Å². The smallest absolute Gasteiger partial charge is 0.0624 e. The van der Waals surface area contributed by atoms with E-state index in [1.165, 1.54) is 25.9 Å². The van der Waals surface area contributed by atoms with E-state index in [1.54, 1.807) is 0 Å². The third-order valence-corrected chi connectivity index (χ3v) is 3.32. The van der Waals surface area contributed by atoms with Crippen molar-refractivity contribution in [3.63, 3.8) is 0 Å². The SMILES string of the molecule is CCC1CN(I)CCC1OC. The van der Waals surface area contributed by atoms with Gasteiger partial charge in [-0.05, 0) is 18.8 Å². The van der Waals surface area contributed by atoms with Crippen LogP contribution in [0.1, 0.15) is 19.8 Å². The summed E-state index contributed by atoms with van der Waals surface area (Å²) in [4.78, 5) is 0. The fraction of sp³-hybridized carbons (Fsp3) is 1.00. The fourth-order valence-electron chi connectivity index (χ4n) is 1.67. The Morgan fingerprint density at radius 1 is 1.64 bits per heavy atom. The van der Waals surface area contributed by atoms with E-state index in [9.17, 15) is 0 Å². The predicted octanol–water partition coefficient (Wildman–Crippen LogP) is 2.08. The van der Waals surface area contributed by atoms with Crippen LogP contribution >= 0.6 is 22.9 Å². The number of halogens is 1. The monoisotopic (exact) mass is 269 g/mol. The molecule has 1 saturated heterocycles. The van der Waals surface area contributed by atoms with E-state index >= 15 is 0 Å². The summed E-state index contributed by atoms with van der Waals surface area (Å²) in [7, 11) is 1.83. The van der Waals surface area contributed by atoms with Crippen molar-refractivity contribution < 1.29 is 4.74 Å². The van der Waals surface area contributed by atoms with Crippen LogP contribution < -0.4 is 0 Å². The van der Waals surface area contributed by atoms with Crippen LogP contribution in [0.3, 0.4) is 0 Å². The Morgan fingerprint density at radius 2 is 2.36 bits per heavy atom. The molecule has 0 aromatic carbocycles. The molecule has 1 aliphatic rings. The van der Waals surface area contributed by atoms with Gasteiger partial charge in [-0.2, -0.15) is 0 Å². The first-order chi connectivity index (χ1) is 5.27. The average Bonchev–Trinajstić information content (AvgIpc) is 2.04. The summed E-state index contributed by atoms with van der Waals surface area (Å²) in [5.41, 5.74) is 0.